The Morgan fingerprint density at radius 2 is 2.25 bits per heavy atom. The molecular formula is C12H16N4. The standard InChI is InChI=1S/C12H16N4/c1-3-16-10(2)8-12(15-16)14-9-11-6-4-5-7-13-11/h4-8H,3,9H2,1-2H3,(H,14,15). The van der Waals surface area contributed by atoms with Crippen LogP contribution < -0.4 is 5.32 Å². The van der Waals surface area contributed by atoms with E-state index in [0.717, 1.165) is 18.1 Å². The molecule has 0 aliphatic heterocycles. The van der Waals surface area contributed by atoms with Gasteiger partial charge in [0.05, 0.1) is 12.2 Å². The van der Waals surface area contributed by atoms with E-state index in [1.165, 1.54) is 5.69 Å². The molecule has 0 unspecified atom stereocenters. The summed E-state index contributed by atoms with van der Waals surface area (Å²) in [5.74, 6) is 0.907. The largest absolute Gasteiger partial charge is 0.363 e. The van der Waals surface area contributed by atoms with Crippen LogP contribution in [0, 0.1) is 6.92 Å². The van der Waals surface area contributed by atoms with Crippen LogP contribution in [0.15, 0.2) is 30.5 Å². The maximum atomic E-state index is 4.42. The molecule has 4 nitrogen and oxygen atoms in total. The summed E-state index contributed by atoms with van der Waals surface area (Å²) in [6.07, 6.45) is 1.80. The molecule has 0 atom stereocenters. The van der Waals surface area contributed by atoms with Gasteiger partial charge in [-0.25, -0.2) is 0 Å². The molecule has 0 amide bonds. The molecule has 0 aliphatic carbocycles. The van der Waals surface area contributed by atoms with E-state index in [4.69, 9.17) is 0 Å². The Hall–Kier alpha value is -1.84. The SMILES string of the molecule is CCn1nc(NCc2ccccn2)cc1C. The predicted octanol–water partition coefficient (Wildman–Crippen LogP) is 2.22. The first-order valence-corrected chi connectivity index (χ1v) is 5.48. The zero-order chi connectivity index (χ0) is 11.4. The minimum absolute atomic E-state index is 0.709. The van der Waals surface area contributed by atoms with Crippen LogP contribution in [-0.4, -0.2) is 14.8 Å². The van der Waals surface area contributed by atoms with Gasteiger partial charge in [-0.3, -0.25) is 9.67 Å². The van der Waals surface area contributed by atoms with Crippen LogP contribution in [0.3, 0.4) is 0 Å². The van der Waals surface area contributed by atoms with Crippen LogP contribution in [-0.2, 0) is 13.1 Å². The van der Waals surface area contributed by atoms with Gasteiger partial charge >= 0.3 is 0 Å². The highest BCUT2D eigenvalue weighted by Crippen LogP contribution is 2.09. The summed E-state index contributed by atoms with van der Waals surface area (Å²) in [5.41, 5.74) is 2.19. The molecule has 0 radical (unpaired) electrons. The topological polar surface area (TPSA) is 42.7 Å². The molecule has 84 valence electrons. The van der Waals surface area contributed by atoms with Crippen molar-refractivity contribution in [1.82, 2.24) is 14.8 Å². The second-order valence-corrected chi connectivity index (χ2v) is 3.66. The zero-order valence-corrected chi connectivity index (χ0v) is 9.64. The molecule has 2 aromatic rings. The van der Waals surface area contributed by atoms with Crippen molar-refractivity contribution >= 4 is 5.82 Å². The zero-order valence-electron chi connectivity index (χ0n) is 9.64. The van der Waals surface area contributed by atoms with Crippen molar-refractivity contribution in [2.45, 2.75) is 26.9 Å². The van der Waals surface area contributed by atoms with Crippen LogP contribution in [0.25, 0.3) is 0 Å². The van der Waals surface area contributed by atoms with Crippen molar-refractivity contribution in [3.63, 3.8) is 0 Å². The molecule has 0 saturated carbocycles. The summed E-state index contributed by atoms with van der Waals surface area (Å²) < 4.78 is 1.97. The van der Waals surface area contributed by atoms with Gasteiger partial charge in [0.15, 0.2) is 0 Å². The summed E-state index contributed by atoms with van der Waals surface area (Å²) in [4.78, 5) is 4.25. The van der Waals surface area contributed by atoms with Crippen molar-refractivity contribution in [1.29, 1.82) is 0 Å². The average molecular weight is 216 g/mol. The summed E-state index contributed by atoms with van der Waals surface area (Å²) in [5, 5.41) is 7.68. The minimum Gasteiger partial charge on any atom is -0.363 e. The number of rotatable bonds is 4. The third-order valence-corrected chi connectivity index (χ3v) is 2.46. The van der Waals surface area contributed by atoms with E-state index in [1.807, 2.05) is 28.9 Å². The Bertz CT molecular complexity index is 447. The van der Waals surface area contributed by atoms with Crippen LogP contribution in [0.5, 0.6) is 0 Å². The summed E-state index contributed by atoms with van der Waals surface area (Å²) in [6.45, 7) is 5.75. The fraction of sp³-hybridized carbons (Fsp3) is 0.333. The average Bonchev–Trinajstić information content (AvgIpc) is 2.69. The number of nitrogens with one attached hydrogen (secondary N) is 1. The molecule has 16 heavy (non-hydrogen) atoms. The molecule has 4 heteroatoms. The second kappa shape index (κ2) is 4.79. The van der Waals surface area contributed by atoms with Gasteiger partial charge in [-0.15, -0.1) is 0 Å². The molecular weight excluding hydrogens is 200 g/mol. The molecule has 0 aliphatic rings. The van der Waals surface area contributed by atoms with Gasteiger partial charge in [-0.1, -0.05) is 6.07 Å². The van der Waals surface area contributed by atoms with Crippen LogP contribution in [0.4, 0.5) is 5.82 Å². The number of anilines is 1. The highest BCUT2D eigenvalue weighted by atomic mass is 15.3. The second-order valence-electron chi connectivity index (χ2n) is 3.66. The van der Waals surface area contributed by atoms with Crippen molar-refractivity contribution in [2.24, 2.45) is 0 Å². The van der Waals surface area contributed by atoms with Gasteiger partial charge in [0.25, 0.3) is 0 Å². The van der Waals surface area contributed by atoms with Gasteiger partial charge < -0.3 is 5.32 Å². The van der Waals surface area contributed by atoms with Crippen LogP contribution in [0.2, 0.25) is 0 Å². The van der Waals surface area contributed by atoms with Gasteiger partial charge in [0.1, 0.15) is 5.82 Å². The summed E-state index contributed by atoms with van der Waals surface area (Å²) >= 11 is 0. The maximum Gasteiger partial charge on any atom is 0.148 e. The number of pyridine rings is 1. The first-order valence-electron chi connectivity index (χ1n) is 5.48. The van der Waals surface area contributed by atoms with Crippen molar-refractivity contribution in [2.75, 3.05) is 5.32 Å². The molecule has 0 aromatic carbocycles. The quantitative estimate of drug-likeness (QED) is 0.852. The van der Waals surface area contributed by atoms with Crippen molar-refractivity contribution in [3.05, 3.63) is 41.9 Å². The van der Waals surface area contributed by atoms with E-state index in [0.29, 0.717) is 6.54 Å². The van der Waals surface area contributed by atoms with Gasteiger partial charge in [0.2, 0.25) is 0 Å². The normalized spacial score (nSPS) is 10.4. The van der Waals surface area contributed by atoms with E-state index >= 15 is 0 Å². The summed E-state index contributed by atoms with van der Waals surface area (Å²) in [6, 6.07) is 7.95. The lowest BCUT2D eigenvalue weighted by molar-refractivity contribution is 0.641. The fourth-order valence-corrected chi connectivity index (χ4v) is 1.60. The Kier molecular flexibility index (Phi) is 3.19. The van der Waals surface area contributed by atoms with Crippen LogP contribution >= 0.6 is 0 Å². The molecule has 2 heterocycles. The third-order valence-electron chi connectivity index (χ3n) is 2.46. The van der Waals surface area contributed by atoms with Gasteiger partial charge in [-0.05, 0) is 26.0 Å². The van der Waals surface area contributed by atoms with Crippen molar-refractivity contribution < 1.29 is 0 Å². The highest BCUT2D eigenvalue weighted by molar-refractivity contribution is 5.36. The predicted molar refractivity (Wildman–Crippen MR) is 64.2 cm³/mol. The smallest absolute Gasteiger partial charge is 0.148 e. The third kappa shape index (κ3) is 2.39. The minimum atomic E-state index is 0.709. The monoisotopic (exact) mass is 216 g/mol. The Morgan fingerprint density at radius 3 is 2.88 bits per heavy atom. The fourth-order valence-electron chi connectivity index (χ4n) is 1.60. The number of hydrogen-bond acceptors (Lipinski definition) is 3. The van der Waals surface area contributed by atoms with E-state index in [9.17, 15) is 0 Å². The van der Waals surface area contributed by atoms with Gasteiger partial charge in [0, 0.05) is 24.5 Å². The Balaban J connectivity index is 2.00. The first kappa shape index (κ1) is 10.7. The molecule has 0 fully saturated rings. The molecule has 0 bridgehead atoms. The van der Waals surface area contributed by atoms with Crippen LogP contribution in [0.1, 0.15) is 18.3 Å². The first-order chi connectivity index (χ1) is 7.79. The number of hydrogen-bond donors (Lipinski definition) is 1. The number of aryl methyl sites for hydroxylation is 2. The molecule has 1 N–H and O–H groups in total. The Morgan fingerprint density at radius 1 is 1.38 bits per heavy atom. The van der Waals surface area contributed by atoms with E-state index in [1.54, 1.807) is 6.20 Å². The number of aromatic nitrogens is 3. The highest BCUT2D eigenvalue weighted by Gasteiger charge is 2.02. The Labute approximate surface area is 95.3 Å². The lowest BCUT2D eigenvalue weighted by atomic mass is 10.3. The van der Waals surface area contributed by atoms with Crippen molar-refractivity contribution in [3.8, 4) is 0 Å². The number of nitrogens with zero attached hydrogens (tertiary/aromatic N) is 3. The van der Waals surface area contributed by atoms with E-state index < -0.39 is 0 Å². The molecule has 0 saturated heterocycles. The van der Waals surface area contributed by atoms with Gasteiger partial charge in [-0.2, -0.15) is 5.10 Å². The molecule has 0 spiro atoms. The van der Waals surface area contributed by atoms with E-state index in [-0.39, 0.29) is 0 Å². The lowest BCUT2D eigenvalue weighted by Gasteiger charge is -2.01. The molecule has 2 rings (SSSR count). The maximum absolute atomic E-state index is 4.42. The lowest BCUT2D eigenvalue weighted by Crippen LogP contribution is -2.03. The molecule has 2 aromatic heterocycles. The summed E-state index contributed by atoms with van der Waals surface area (Å²) in [7, 11) is 0. The van der Waals surface area contributed by atoms with E-state index in [2.05, 4.69) is 29.2 Å².